The van der Waals surface area contributed by atoms with E-state index < -0.39 is 0 Å². The molecule has 2 rings (SSSR count). The number of aryl methyl sites for hydroxylation is 3. The van der Waals surface area contributed by atoms with Gasteiger partial charge in [0.15, 0.2) is 0 Å². The van der Waals surface area contributed by atoms with E-state index in [0.717, 1.165) is 0 Å². The van der Waals surface area contributed by atoms with Crippen molar-refractivity contribution >= 4 is 0 Å². The Labute approximate surface area is 123 Å². The zero-order valence-corrected chi connectivity index (χ0v) is 12.6. The van der Waals surface area contributed by atoms with Gasteiger partial charge in [0.2, 0.25) is 0 Å². The number of hydrogen-bond acceptors (Lipinski definition) is 0. The molecule has 20 heavy (non-hydrogen) atoms. The van der Waals surface area contributed by atoms with E-state index in [1.807, 2.05) is 0 Å². The van der Waals surface area contributed by atoms with Gasteiger partial charge in [-0.05, 0) is 55.2 Å². The Morgan fingerprint density at radius 2 is 1.15 bits per heavy atom. The molecule has 0 radical (unpaired) electrons. The van der Waals surface area contributed by atoms with Crippen LogP contribution in [0.1, 0.15) is 49.3 Å². The number of unbranched alkanes of at least 4 members (excludes halogenated alkanes) is 2. The molecule has 0 saturated carbocycles. The summed E-state index contributed by atoms with van der Waals surface area (Å²) in [7, 11) is 0. The summed E-state index contributed by atoms with van der Waals surface area (Å²) in [4.78, 5) is 0. The summed E-state index contributed by atoms with van der Waals surface area (Å²) >= 11 is 0. The maximum atomic E-state index is 2.31. The summed E-state index contributed by atoms with van der Waals surface area (Å²) in [6.07, 6.45) is 8.84. The van der Waals surface area contributed by atoms with Gasteiger partial charge in [-0.1, -0.05) is 67.9 Å². The van der Waals surface area contributed by atoms with Crippen LogP contribution in [-0.2, 0) is 19.3 Å². The minimum absolute atomic E-state index is 1.21. The first-order chi connectivity index (χ1) is 9.90. The van der Waals surface area contributed by atoms with E-state index in [2.05, 4.69) is 61.5 Å². The average Bonchev–Trinajstić information content (AvgIpc) is 2.51. The maximum Gasteiger partial charge on any atom is -0.0276 e. The van der Waals surface area contributed by atoms with Gasteiger partial charge < -0.3 is 0 Å². The van der Waals surface area contributed by atoms with Crippen LogP contribution < -0.4 is 0 Å². The summed E-state index contributed by atoms with van der Waals surface area (Å²) in [6.45, 7) is 2.27. The highest BCUT2D eigenvalue weighted by Gasteiger charge is 2.01. The first-order valence-corrected chi connectivity index (χ1v) is 8.01. The van der Waals surface area contributed by atoms with Gasteiger partial charge >= 0.3 is 0 Å². The molecule has 0 aromatic heterocycles. The Morgan fingerprint density at radius 3 is 1.80 bits per heavy atom. The van der Waals surface area contributed by atoms with E-state index in [1.54, 1.807) is 11.1 Å². The third-order valence-electron chi connectivity index (χ3n) is 3.92. The average molecular weight is 266 g/mol. The van der Waals surface area contributed by atoms with Crippen LogP contribution >= 0.6 is 0 Å². The lowest BCUT2D eigenvalue weighted by atomic mass is 9.97. The van der Waals surface area contributed by atoms with Gasteiger partial charge in [-0.3, -0.25) is 0 Å². The van der Waals surface area contributed by atoms with Crippen molar-refractivity contribution < 1.29 is 0 Å². The normalized spacial score (nSPS) is 10.7. The molecule has 0 aliphatic rings. The molecule has 0 heteroatoms. The summed E-state index contributed by atoms with van der Waals surface area (Å²) in [5.41, 5.74) is 4.59. The van der Waals surface area contributed by atoms with Crippen LogP contribution in [0.4, 0.5) is 0 Å². The predicted octanol–water partition coefficient (Wildman–Crippen LogP) is 5.59. The van der Waals surface area contributed by atoms with Crippen molar-refractivity contribution in [3.63, 3.8) is 0 Å². The molecule has 0 aliphatic carbocycles. The summed E-state index contributed by atoms with van der Waals surface area (Å²) in [5.74, 6) is 0. The largest absolute Gasteiger partial charge is 0.0654 e. The quantitative estimate of drug-likeness (QED) is 0.546. The molecule has 2 aromatic carbocycles. The Balaban J connectivity index is 1.79. The molecule has 0 unspecified atom stereocenters. The topological polar surface area (TPSA) is 0 Å². The molecule has 0 bridgehead atoms. The SMILES string of the molecule is CCCCc1ccccc1CCCCc1ccccc1. The fourth-order valence-electron chi connectivity index (χ4n) is 2.70. The van der Waals surface area contributed by atoms with Gasteiger partial charge in [0.1, 0.15) is 0 Å². The Hall–Kier alpha value is -1.56. The first-order valence-electron chi connectivity index (χ1n) is 8.01. The molecule has 0 atom stereocenters. The first kappa shape index (κ1) is 14.8. The van der Waals surface area contributed by atoms with Crippen LogP contribution in [0.5, 0.6) is 0 Å². The Bertz CT molecular complexity index is 484. The van der Waals surface area contributed by atoms with E-state index >= 15 is 0 Å². The van der Waals surface area contributed by atoms with Crippen LogP contribution in [0.3, 0.4) is 0 Å². The predicted molar refractivity (Wildman–Crippen MR) is 88.1 cm³/mol. The zero-order chi connectivity index (χ0) is 14.0. The lowest BCUT2D eigenvalue weighted by Gasteiger charge is -2.09. The van der Waals surface area contributed by atoms with Gasteiger partial charge in [-0.15, -0.1) is 0 Å². The molecule has 0 amide bonds. The standard InChI is InChI=1S/C20H26/c1-2-3-14-19-16-9-10-17-20(19)15-8-7-13-18-11-5-4-6-12-18/h4-6,9-12,16-17H,2-3,7-8,13-15H2,1H3. The molecule has 2 aromatic rings. The molecule has 0 aliphatic heterocycles. The van der Waals surface area contributed by atoms with E-state index in [-0.39, 0.29) is 0 Å². The van der Waals surface area contributed by atoms with Crippen molar-refractivity contribution in [3.8, 4) is 0 Å². The van der Waals surface area contributed by atoms with Gasteiger partial charge in [-0.25, -0.2) is 0 Å². The van der Waals surface area contributed by atoms with E-state index in [4.69, 9.17) is 0 Å². The van der Waals surface area contributed by atoms with Crippen molar-refractivity contribution in [2.45, 2.75) is 51.9 Å². The minimum atomic E-state index is 1.21. The molecule has 0 fully saturated rings. The second-order valence-electron chi connectivity index (χ2n) is 5.56. The van der Waals surface area contributed by atoms with Crippen molar-refractivity contribution in [2.75, 3.05) is 0 Å². The lowest BCUT2D eigenvalue weighted by molar-refractivity contribution is 0.721. The second-order valence-corrected chi connectivity index (χ2v) is 5.56. The van der Waals surface area contributed by atoms with Gasteiger partial charge in [0, 0.05) is 0 Å². The monoisotopic (exact) mass is 266 g/mol. The molecule has 0 nitrogen and oxygen atoms in total. The minimum Gasteiger partial charge on any atom is -0.0654 e. The van der Waals surface area contributed by atoms with Crippen molar-refractivity contribution in [3.05, 3.63) is 71.3 Å². The summed E-state index contributed by atoms with van der Waals surface area (Å²) in [6, 6.07) is 19.8. The van der Waals surface area contributed by atoms with Crippen LogP contribution in [0.25, 0.3) is 0 Å². The second kappa shape index (κ2) is 8.58. The highest BCUT2D eigenvalue weighted by atomic mass is 14.1. The lowest BCUT2D eigenvalue weighted by Crippen LogP contribution is -1.95. The molecule has 0 heterocycles. The molecule has 0 saturated heterocycles. The van der Waals surface area contributed by atoms with E-state index in [9.17, 15) is 0 Å². The third-order valence-corrected chi connectivity index (χ3v) is 3.92. The highest BCUT2D eigenvalue weighted by Crippen LogP contribution is 2.15. The van der Waals surface area contributed by atoms with Crippen LogP contribution in [-0.4, -0.2) is 0 Å². The van der Waals surface area contributed by atoms with Crippen LogP contribution in [0, 0.1) is 0 Å². The van der Waals surface area contributed by atoms with Crippen molar-refractivity contribution in [2.24, 2.45) is 0 Å². The van der Waals surface area contributed by atoms with Crippen molar-refractivity contribution in [1.29, 1.82) is 0 Å². The number of hydrogen-bond donors (Lipinski definition) is 0. The van der Waals surface area contributed by atoms with E-state index in [1.165, 1.54) is 50.5 Å². The Kier molecular flexibility index (Phi) is 6.37. The fourth-order valence-corrected chi connectivity index (χ4v) is 2.70. The zero-order valence-electron chi connectivity index (χ0n) is 12.6. The van der Waals surface area contributed by atoms with Crippen molar-refractivity contribution in [1.82, 2.24) is 0 Å². The molecule has 106 valence electrons. The van der Waals surface area contributed by atoms with Gasteiger partial charge in [0.25, 0.3) is 0 Å². The highest BCUT2D eigenvalue weighted by molar-refractivity contribution is 5.27. The van der Waals surface area contributed by atoms with Crippen LogP contribution in [0.15, 0.2) is 54.6 Å². The molecule has 0 N–H and O–H groups in total. The summed E-state index contributed by atoms with van der Waals surface area (Å²) < 4.78 is 0. The number of benzene rings is 2. The molecular formula is C20H26. The molecule has 0 spiro atoms. The fraction of sp³-hybridized carbons (Fsp3) is 0.400. The molecular weight excluding hydrogens is 240 g/mol. The smallest absolute Gasteiger partial charge is 0.0276 e. The Morgan fingerprint density at radius 1 is 0.600 bits per heavy atom. The third kappa shape index (κ3) is 4.85. The van der Waals surface area contributed by atoms with Gasteiger partial charge in [0.05, 0.1) is 0 Å². The van der Waals surface area contributed by atoms with Crippen LogP contribution in [0.2, 0.25) is 0 Å². The maximum absolute atomic E-state index is 2.31. The van der Waals surface area contributed by atoms with E-state index in [0.29, 0.717) is 0 Å². The summed E-state index contributed by atoms with van der Waals surface area (Å²) in [5, 5.41) is 0. The number of rotatable bonds is 8. The van der Waals surface area contributed by atoms with Gasteiger partial charge in [-0.2, -0.15) is 0 Å².